The molecular formula is C19H20N2O. The zero-order valence-corrected chi connectivity index (χ0v) is 12.8. The molecule has 0 radical (unpaired) electrons. The largest absolute Gasteiger partial charge is 0.299 e. The number of hydrogen-bond donors (Lipinski definition) is 0. The van der Waals surface area contributed by atoms with Crippen molar-refractivity contribution in [3.63, 3.8) is 0 Å². The molecule has 1 amide bonds. The molecule has 0 bridgehead atoms. The van der Waals surface area contributed by atoms with Crippen LogP contribution in [0, 0.1) is 0 Å². The van der Waals surface area contributed by atoms with E-state index in [4.69, 9.17) is 0 Å². The Morgan fingerprint density at radius 1 is 1.05 bits per heavy atom. The molecule has 1 heterocycles. The number of nitrogens with zero attached hydrogens (tertiary/aromatic N) is 2. The second kappa shape index (κ2) is 6.56. The van der Waals surface area contributed by atoms with Gasteiger partial charge in [0, 0.05) is 25.8 Å². The van der Waals surface area contributed by atoms with Crippen LogP contribution in [-0.2, 0) is 4.79 Å². The molecule has 3 rings (SSSR count). The molecule has 0 aromatic heterocycles. The van der Waals surface area contributed by atoms with Gasteiger partial charge in [-0.25, -0.2) is 0 Å². The zero-order valence-electron chi connectivity index (χ0n) is 12.8. The normalized spacial score (nSPS) is 14.3. The van der Waals surface area contributed by atoms with Crippen LogP contribution in [0.25, 0.3) is 0 Å². The lowest BCUT2D eigenvalue weighted by atomic mass is 9.88. The van der Waals surface area contributed by atoms with Crippen LogP contribution >= 0.6 is 0 Å². The smallest absolute Gasteiger partial charge is 0.224 e. The maximum Gasteiger partial charge on any atom is 0.224 e. The highest BCUT2D eigenvalue weighted by molar-refractivity contribution is 5.99. The van der Waals surface area contributed by atoms with Gasteiger partial charge in [-0.05, 0) is 11.1 Å². The first-order chi connectivity index (χ1) is 10.8. The molecule has 2 aromatic rings. The summed E-state index contributed by atoms with van der Waals surface area (Å²) in [5, 5.41) is 0. The molecule has 1 aliphatic heterocycles. The van der Waals surface area contributed by atoms with E-state index in [1.807, 2.05) is 12.1 Å². The monoisotopic (exact) mass is 292 g/mol. The Balaban J connectivity index is 1.92. The van der Waals surface area contributed by atoms with Crippen LogP contribution in [0.15, 0.2) is 65.7 Å². The van der Waals surface area contributed by atoms with E-state index in [0.29, 0.717) is 13.1 Å². The molecule has 0 atom stereocenters. The van der Waals surface area contributed by atoms with Gasteiger partial charge in [0.1, 0.15) is 5.84 Å². The first-order valence-corrected chi connectivity index (χ1v) is 7.67. The van der Waals surface area contributed by atoms with E-state index in [1.54, 1.807) is 11.8 Å². The average molecular weight is 292 g/mol. The van der Waals surface area contributed by atoms with Crippen molar-refractivity contribution in [1.29, 1.82) is 0 Å². The van der Waals surface area contributed by atoms with Crippen LogP contribution in [0.5, 0.6) is 0 Å². The fourth-order valence-electron chi connectivity index (χ4n) is 2.99. The molecule has 3 heteroatoms. The van der Waals surface area contributed by atoms with Crippen molar-refractivity contribution >= 4 is 11.7 Å². The van der Waals surface area contributed by atoms with Crippen molar-refractivity contribution < 1.29 is 4.79 Å². The van der Waals surface area contributed by atoms with E-state index >= 15 is 0 Å². The van der Waals surface area contributed by atoms with Crippen LogP contribution in [0.1, 0.15) is 30.4 Å². The molecule has 112 valence electrons. The number of benzene rings is 2. The lowest BCUT2D eigenvalue weighted by molar-refractivity contribution is -0.124. The molecule has 0 fully saturated rings. The highest BCUT2D eigenvalue weighted by Gasteiger charge is 2.25. The minimum atomic E-state index is 0.0797. The standard InChI is InChI=1S/C19H20N2O/c1-15(22)21-13-12-20-19(21)14-18(16-8-4-2-5-9-16)17-10-6-3-7-11-17/h2-11,18H,12-14H2,1H3. The molecule has 1 aliphatic rings. The Labute approximate surface area is 131 Å². The maximum absolute atomic E-state index is 11.8. The average Bonchev–Trinajstić information content (AvgIpc) is 3.03. The first kappa shape index (κ1) is 14.5. The summed E-state index contributed by atoms with van der Waals surface area (Å²) >= 11 is 0. The molecule has 2 aromatic carbocycles. The molecule has 0 saturated heterocycles. The van der Waals surface area contributed by atoms with E-state index in [1.165, 1.54) is 11.1 Å². The Hall–Kier alpha value is -2.42. The Morgan fingerprint density at radius 2 is 1.59 bits per heavy atom. The van der Waals surface area contributed by atoms with E-state index in [0.717, 1.165) is 12.3 Å². The second-order valence-electron chi connectivity index (χ2n) is 5.55. The van der Waals surface area contributed by atoms with Crippen LogP contribution in [0.4, 0.5) is 0 Å². The third kappa shape index (κ3) is 3.08. The number of carbonyl (C=O) groups is 1. The molecule has 0 N–H and O–H groups in total. The lowest BCUT2D eigenvalue weighted by Crippen LogP contribution is -2.33. The van der Waals surface area contributed by atoms with Crippen molar-refractivity contribution in [3.05, 3.63) is 71.8 Å². The zero-order chi connectivity index (χ0) is 15.4. The fourth-order valence-corrected chi connectivity index (χ4v) is 2.99. The van der Waals surface area contributed by atoms with E-state index < -0.39 is 0 Å². The highest BCUT2D eigenvalue weighted by Crippen LogP contribution is 2.29. The number of amidine groups is 1. The summed E-state index contributed by atoms with van der Waals surface area (Å²) in [6, 6.07) is 20.9. The van der Waals surface area contributed by atoms with Gasteiger partial charge in [-0.1, -0.05) is 60.7 Å². The summed E-state index contributed by atoms with van der Waals surface area (Å²) in [4.78, 5) is 18.1. The minimum Gasteiger partial charge on any atom is -0.299 e. The second-order valence-corrected chi connectivity index (χ2v) is 5.55. The molecule has 0 spiro atoms. The van der Waals surface area contributed by atoms with E-state index in [-0.39, 0.29) is 11.8 Å². The fraction of sp³-hybridized carbons (Fsp3) is 0.263. The predicted octanol–water partition coefficient (Wildman–Crippen LogP) is 3.47. The molecule has 0 saturated carbocycles. The number of rotatable bonds is 4. The van der Waals surface area contributed by atoms with Crippen LogP contribution < -0.4 is 0 Å². The molecule has 0 aliphatic carbocycles. The van der Waals surface area contributed by atoms with Gasteiger partial charge >= 0.3 is 0 Å². The SMILES string of the molecule is CC(=O)N1CCN=C1CC(c1ccccc1)c1ccccc1. The first-order valence-electron chi connectivity index (χ1n) is 7.67. The summed E-state index contributed by atoms with van der Waals surface area (Å²) in [5.74, 6) is 1.21. The summed E-state index contributed by atoms with van der Waals surface area (Å²) in [5.41, 5.74) is 2.51. The summed E-state index contributed by atoms with van der Waals surface area (Å²) in [7, 11) is 0. The van der Waals surface area contributed by atoms with Gasteiger partial charge in [0.2, 0.25) is 5.91 Å². The van der Waals surface area contributed by atoms with Gasteiger partial charge in [0.25, 0.3) is 0 Å². The predicted molar refractivity (Wildman–Crippen MR) is 89.0 cm³/mol. The van der Waals surface area contributed by atoms with Crippen molar-refractivity contribution in [2.75, 3.05) is 13.1 Å². The summed E-state index contributed by atoms with van der Waals surface area (Å²) in [6.45, 7) is 3.03. The Morgan fingerprint density at radius 3 is 2.09 bits per heavy atom. The van der Waals surface area contributed by atoms with Crippen molar-refractivity contribution in [1.82, 2.24) is 4.90 Å². The van der Waals surface area contributed by atoms with Gasteiger partial charge < -0.3 is 0 Å². The number of carbonyl (C=O) groups excluding carboxylic acids is 1. The molecule has 3 nitrogen and oxygen atoms in total. The topological polar surface area (TPSA) is 32.7 Å². The van der Waals surface area contributed by atoms with Crippen LogP contribution in [0.3, 0.4) is 0 Å². The van der Waals surface area contributed by atoms with Gasteiger partial charge in [0.15, 0.2) is 0 Å². The Bertz CT molecular complexity index is 625. The third-order valence-corrected chi connectivity index (χ3v) is 4.10. The maximum atomic E-state index is 11.8. The summed E-state index contributed by atoms with van der Waals surface area (Å²) in [6.07, 6.45) is 0.758. The van der Waals surface area contributed by atoms with Crippen molar-refractivity contribution in [3.8, 4) is 0 Å². The van der Waals surface area contributed by atoms with Crippen molar-refractivity contribution in [2.45, 2.75) is 19.3 Å². The van der Waals surface area contributed by atoms with Gasteiger partial charge in [-0.3, -0.25) is 14.7 Å². The van der Waals surface area contributed by atoms with Crippen LogP contribution in [-0.4, -0.2) is 29.7 Å². The van der Waals surface area contributed by atoms with E-state index in [9.17, 15) is 4.79 Å². The van der Waals surface area contributed by atoms with Gasteiger partial charge in [0.05, 0.1) is 6.54 Å². The lowest BCUT2D eigenvalue weighted by Gasteiger charge is -2.22. The Kier molecular flexibility index (Phi) is 4.33. The third-order valence-electron chi connectivity index (χ3n) is 4.10. The minimum absolute atomic E-state index is 0.0797. The highest BCUT2D eigenvalue weighted by atomic mass is 16.2. The van der Waals surface area contributed by atoms with Crippen molar-refractivity contribution in [2.24, 2.45) is 4.99 Å². The number of hydrogen-bond acceptors (Lipinski definition) is 2. The number of amides is 1. The van der Waals surface area contributed by atoms with Gasteiger partial charge in [-0.15, -0.1) is 0 Å². The molecule has 22 heavy (non-hydrogen) atoms. The summed E-state index contributed by atoms with van der Waals surface area (Å²) < 4.78 is 0. The van der Waals surface area contributed by atoms with Crippen LogP contribution in [0.2, 0.25) is 0 Å². The molecule has 0 unspecified atom stereocenters. The number of aliphatic imine (C=N–C) groups is 1. The van der Waals surface area contributed by atoms with E-state index in [2.05, 4.69) is 53.5 Å². The molecular weight excluding hydrogens is 272 g/mol. The quantitative estimate of drug-likeness (QED) is 0.849. The van der Waals surface area contributed by atoms with Gasteiger partial charge in [-0.2, -0.15) is 0 Å².